The number of likely N-dealkylation sites (tertiary alicyclic amines) is 1. The number of hydrogen-bond donors (Lipinski definition) is 0. The van der Waals surface area contributed by atoms with Crippen molar-refractivity contribution in [1.29, 1.82) is 0 Å². The molecule has 1 fully saturated rings. The second-order valence-corrected chi connectivity index (χ2v) is 7.78. The van der Waals surface area contributed by atoms with Crippen molar-refractivity contribution in [2.45, 2.75) is 24.8 Å². The first-order valence-corrected chi connectivity index (χ1v) is 9.47. The van der Waals surface area contributed by atoms with Gasteiger partial charge in [0.2, 0.25) is 17.7 Å². The molecule has 1 atom stereocenters. The van der Waals surface area contributed by atoms with Crippen molar-refractivity contribution in [1.82, 2.24) is 9.80 Å². The maximum atomic E-state index is 13.0. The van der Waals surface area contributed by atoms with Crippen LogP contribution in [0.15, 0.2) is 41.8 Å². The number of ether oxygens (including phenoxy) is 1. The zero-order valence-electron chi connectivity index (χ0n) is 15.6. The monoisotopic (exact) mass is 386 g/mol. The van der Waals surface area contributed by atoms with Crippen LogP contribution in [0.5, 0.6) is 5.75 Å². The Morgan fingerprint density at radius 1 is 1.26 bits per heavy atom. The minimum Gasteiger partial charge on any atom is -0.497 e. The van der Waals surface area contributed by atoms with Gasteiger partial charge in [0.1, 0.15) is 5.75 Å². The van der Waals surface area contributed by atoms with E-state index in [0.29, 0.717) is 17.9 Å². The van der Waals surface area contributed by atoms with Gasteiger partial charge in [-0.05, 0) is 29.1 Å². The van der Waals surface area contributed by atoms with Gasteiger partial charge >= 0.3 is 0 Å². The van der Waals surface area contributed by atoms with Crippen LogP contribution in [-0.4, -0.2) is 48.7 Å². The van der Waals surface area contributed by atoms with Gasteiger partial charge in [-0.3, -0.25) is 19.3 Å². The standard InChI is InChI=1S/C20H22N2O4S/c1-21(13-16-5-4-10-27-16)17(23)11-20(12-18(24)22(2)19(20)25)14-6-8-15(26-3)9-7-14/h4-10H,11-13H2,1-3H3. The summed E-state index contributed by atoms with van der Waals surface area (Å²) in [6.45, 7) is 0.479. The van der Waals surface area contributed by atoms with E-state index < -0.39 is 5.41 Å². The van der Waals surface area contributed by atoms with Crippen LogP contribution in [-0.2, 0) is 26.3 Å². The number of nitrogens with zero attached hydrogens (tertiary/aromatic N) is 2. The van der Waals surface area contributed by atoms with Crippen LogP contribution in [0.1, 0.15) is 23.3 Å². The van der Waals surface area contributed by atoms with Crippen LogP contribution in [0.2, 0.25) is 0 Å². The molecule has 1 saturated heterocycles. The lowest BCUT2D eigenvalue weighted by atomic mass is 9.75. The van der Waals surface area contributed by atoms with Gasteiger partial charge in [-0.1, -0.05) is 18.2 Å². The molecule has 0 N–H and O–H groups in total. The van der Waals surface area contributed by atoms with Gasteiger partial charge < -0.3 is 9.64 Å². The number of carbonyl (C=O) groups excluding carboxylic acids is 3. The van der Waals surface area contributed by atoms with E-state index in [9.17, 15) is 14.4 Å². The number of carbonyl (C=O) groups is 3. The Hall–Kier alpha value is -2.67. The molecule has 0 spiro atoms. The van der Waals surface area contributed by atoms with E-state index in [4.69, 9.17) is 4.74 Å². The number of amides is 3. The summed E-state index contributed by atoms with van der Waals surface area (Å²) in [5, 5.41) is 1.96. The van der Waals surface area contributed by atoms with Crippen LogP contribution < -0.4 is 4.74 Å². The number of hydrogen-bond acceptors (Lipinski definition) is 5. The van der Waals surface area contributed by atoms with Gasteiger partial charge in [-0.25, -0.2) is 0 Å². The lowest BCUT2D eigenvalue weighted by Crippen LogP contribution is -2.41. The summed E-state index contributed by atoms with van der Waals surface area (Å²) in [7, 11) is 4.75. The van der Waals surface area contributed by atoms with Crippen molar-refractivity contribution >= 4 is 29.1 Å². The first kappa shape index (κ1) is 19.1. The molecule has 2 heterocycles. The molecule has 0 radical (unpaired) electrons. The SMILES string of the molecule is COc1ccc(C2(CC(=O)N(C)Cc3cccs3)CC(=O)N(C)C2=O)cc1. The predicted molar refractivity (Wildman–Crippen MR) is 102 cm³/mol. The fraction of sp³-hybridized carbons (Fsp3) is 0.350. The molecule has 1 unspecified atom stereocenters. The Morgan fingerprint density at radius 3 is 2.48 bits per heavy atom. The van der Waals surface area contributed by atoms with Crippen molar-refractivity contribution < 1.29 is 19.1 Å². The number of imide groups is 1. The highest BCUT2D eigenvalue weighted by molar-refractivity contribution is 7.09. The Bertz CT molecular complexity index is 847. The molecule has 0 bridgehead atoms. The molecule has 6 nitrogen and oxygen atoms in total. The third kappa shape index (κ3) is 3.60. The van der Waals surface area contributed by atoms with Crippen LogP contribution in [0.3, 0.4) is 0 Å². The first-order valence-electron chi connectivity index (χ1n) is 8.59. The van der Waals surface area contributed by atoms with E-state index in [2.05, 4.69) is 0 Å². The second-order valence-electron chi connectivity index (χ2n) is 6.75. The molecule has 0 saturated carbocycles. The molecule has 1 aromatic heterocycles. The Kier molecular flexibility index (Phi) is 5.32. The Balaban J connectivity index is 1.89. The summed E-state index contributed by atoms with van der Waals surface area (Å²) in [5.74, 6) is -0.129. The molecular weight excluding hydrogens is 364 g/mol. The molecule has 0 aliphatic carbocycles. The summed E-state index contributed by atoms with van der Waals surface area (Å²) in [6.07, 6.45) is -0.0522. The van der Waals surface area contributed by atoms with Crippen molar-refractivity contribution in [2.75, 3.05) is 21.2 Å². The molecule has 142 valence electrons. The van der Waals surface area contributed by atoms with Crippen molar-refractivity contribution in [3.05, 3.63) is 52.2 Å². The van der Waals surface area contributed by atoms with Gasteiger partial charge in [-0.2, -0.15) is 0 Å². The predicted octanol–water partition coefficient (Wildman–Crippen LogP) is 2.43. The number of benzene rings is 1. The number of thiophene rings is 1. The zero-order chi connectivity index (χ0) is 19.6. The lowest BCUT2D eigenvalue weighted by molar-refractivity contribution is -0.141. The van der Waals surface area contributed by atoms with Crippen LogP contribution in [0.25, 0.3) is 0 Å². The first-order chi connectivity index (χ1) is 12.9. The zero-order valence-corrected chi connectivity index (χ0v) is 16.4. The topological polar surface area (TPSA) is 66.9 Å². The van der Waals surface area contributed by atoms with E-state index >= 15 is 0 Å². The maximum Gasteiger partial charge on any atom is 0.240 e. The Labute approximate surface area is 162 Å². The number of rotatable bonds is 6. The summed E-state index contributed by atoms with van der Waals surface area (Å²) >= 11 is 1.58. The fourth-order valence-corrected chi connectivity index (χ4v) is 4.14. The second kappa shape index (κ2) is 7.52. The highest BCUT2D eigenvalue weighted by Crippen LogP contribution is 2.40. The number of likely N-dealkylation sites (N-methyl/N-ethyl adjacent to an activating group) is 1. The molecule has 3 rings (SSSR count). The quantitative estimate of drug-likeness (QED) is 0.715. The van der Waals surface area contributed by atoms with Gasteiger partial charge in [0, 0.05) is 31.8 Å². The van der Waals surface area contributed by atoms with Crippen molar-refractivity contribution in [2.24, 2.45) is 0 Å². The van der Waals surface area contributed by atoms with Gasteiger partial charge in [0.05, 0.1) is 19.1 Å². The molecule has 3 amide bonds. The highest BCUT2D eigenvalue weighted by atomic mass is 32.1. The smallest absolute Gasteiger partial charge is 0.240 e. The minimum absolute atomic E-state index is 0.00670. The molecule has 27 heavy (non-hydrogen) atoms. The van der Waals surface area contributed by atoms with Crippen LogP contribution in [0.4, 0.5) is 0 Å². The highest BCUT2D eigenvalue weighted by Gasteiger charge is 2.52. The van der Waals surface area contributed by atoms with Crippen molar-refractivity contribution in [3.63, 3.8) is 0 Å². The minimum atomic E-state index is -1.17. The van der Waals surface area contributed by atoms with Crippen LogP contribution >= 0.6 is 11.3 Å². The molecule has 1 aromatic carbocycles. The summed E-state index contributed by atoms with van der Waals surface area (Å²) in [6, 6.07) is 10.9. The van der Waals surface area contributed by atoms with E-state index in [0.717, 1.165) is 9.78 Å². The largest absolute Gasteiger partial charge is 0.497 e. The molecule has 1 aliphatic rings. The van der Waals surface area contributed by atoms with Crippen molar-refractivity contribution in [3.8, 4) is 5.75 Å². The summed E-state index contributed by atoms with van der Waals surface area (Å²) in [5.41, 5.74) is -0.511. The Morgan fingerprint density at radius 2 is 1.96 bits per heavy atom. The van der Waals surface area contributed by atoms with Crippen LogP contribution in [0, 0.1) is 0 Å². The maximum absolute atomic E-state index is 13.0. The van der Waals surface area contributed by atoms with Gasteiger partial charge in [0.15, 0.2) is 0 Å². The molecule has 7 heteroatoms. The third-order valence-corrected chi connectivity index (χ3v) is 5.90. The van der Waals surface area contributed by atoms with E-state index in [1.54, 1.807) is 54.7 Å². The van der Waals surface area contributed by atoms with Gasteiger partial charge in [0.25, 0.3) is 0 Å². The normalized spacial score (nSPS) is 19.4. The average molecular weight is 386 g/mol. The van der Waals surface area contributed by atoms with E-state index in [1.165, 1.54) is 7.05 Å². The van der Waals surface area contributed by atoms with E-state index in [1.807, 2.05) is 17.5 Å². The van der Waals surface area contributed by atoms with E-state index in [-0.39, 0.29) is 30.6 Å². The average Bonchev–Trinajstić information content (AvgIpc) is 3.25. The van der Waals surface area contributed by atoms with Gasteiger partial charge in [-0.15, -0.1) is 11.3 Å². The molecular formula is C20H22N2O4S. The third-order valence-electron chi connectivity index (χ3n) is 5.04. The molecule has 2 aromatic rings. The summed E-state index contributed by atoms with van der Waals surface area (Å²) < 4.78 is 5.18. The summed E-state index contributed by atoms with van der Waals surface area (Å²) in [4.78, 5) is 41.9. The molecule has 1 aliphatic heterocycles. The lowest BCUT2D eigenvalue weighted by Gasteiger charge is -2.28. The number of methoxy groups -OCH3 is 1. The fourth-order valence-electron chi connectivity index (χ4n) is 3.38.